The monoisotopic (exact) mass is 320 g/mol. The van der Waals surface area contributed by atoms with Gasteiger partial charge in [-0.25, -0.2) is 4.39 Å². The number of alkyl halides is 1. The smallest absolute Gasteiger partial charge is 0.230 e. The number of halogens is 1. The quantitative estimate of drug-likeness (QED) is 0.595. The molecule has 3 atom stereocenters. The first-order valence-electron chi connectivity index (χ1n) is 7.68. The van der Waals surface area contributed by atoms with E-state index in [0.717, 1.165) is 11.8 Å². The predicted octanol–water partition coefficient (Wildman–Crippen LogP) is 0.477. The number of rotatable bonds is 2. The number of pyridine rings is 1. The van der Waals surface area contributed by atoms with Crippen LogP contribution < -0.4 is 16.4 Å². The molecule has 1 aliphatic rings. The van der Waals surface area contributed by atoms with Gasteiger partial charge in [-0.3, -0.25) is 9.78 Å². The molecule has 2 bridgehead atoms. The van der Waals surface area contributed by atoms with Crippen LogP contribution in [0.5, 0.6) is 0 Å². The summed E-state index contributed by atoms with van der Waals surface area (Å²) in [5.74, 6) is -1.24. The van der Waals surface area contributed by atoms with Crippen molar-refractivity contribution in [3.8, 4) is 0 Å². The lowest BCUT2D eigenvalue weighted by Gasteiger charge is -2.20. The number of carbonyl (C=O) groups excluding carboxylic acids is 1. The van der Waals surface area contributed by atoms with Crippen LogP contribution in [-0.4, -0.2) is 30.3 Å². The van der Waals surface area contributed by atoms with Crippen LogP contribution in [0.2, 0.25) is 0 Å². The van der Waals surface area contributed by atoms with Gasteiger partial charge >= 0.3 is 0 Å². The lowest BCUT2D eigenvalue weighted by atomic mass is 9.96. The highest BCUT2D eigenvalue weighted by atomic mass is 19.1. The molecule has 0 fully saturated rings. The fraction of sp³-hybridized carbons (Fsp3) is 0.438. The Hall–Kier alpha value is -2.12. The molecular formula is C16H23FN5O+. The third kappa shape index (κ3) is 3.80. The van der Waals surface area contributed by atoms with E-state index in [-0.39, 0.29) is 12.5 Å². The molecule has 1 aliphatic heterocycles. The van der Waals surface area contributed by atoms with Gasteiger partial charge in [-0.2, -0.15) is 0 Å². The molecular weight excluding hydrogens is 297 g/mol. The van der Waals surface area contributed by atoms with Crippen LogP contribution in [-0.2, 0) is 4.79 Å². The molecule has 23 heavy (non-hydrogen) atoms. The highest BCUT2D eigenvalue weighted by Crippen LogP contribution is 2.23. The van der Waals surface area contributed by atoms with E-state index in [1.165, 1.54) is 0 Å². The van der Waals surface area contributed by atoms with Crippen LogP contribution in [0.15, 0.2) is 24.0 Å². The van der Waals surface area contributed by atoms with Gasteiger partial charge in [0.15, 0.2) is 5.70 Å². The van der Waals surface area contributed by atoms with Crippen molar-refractivity contribution in [2.45, 2.75) is 32.0 Å². The summed E-state index contributed by atoms with van der Waals surface area (Å²) in [6.07, 6.45) is 2.03. The molecule has 3 unspecified atom stereocenters. The average molecular weight is 320 g/mol. The maximum Gasteiger partial charge on any atom is 0.230 e. The zero-order chi connectivity index (χ0) is 17.0. The van der Waals surface area contributed by atoms with E-state index in [0.29, 0.717) is 23.5 Å². The van der Waals surface area contributed by atoms with E-state index in [4.69, 9.17) is 11.1 Å². The normalized spacial score (nSPS) is 26.1. The van der Waals surface area contributed by atoms with Crippen molar-refractivity contribution >= 4 is 17.8 Å². The van der Waals surface area contributed by atoms with Crippen molar-refractivity contribution in [2.24, 2.45) is 11.7 Å². The molecule has 6 nitrogen and oxygen atoms in total. The zero-order valence-electron chi connectivity index (χ0n) is 13.3. The molecule has 6 N–H and O–H groups in total. The van der Waals surface area contributed by atoms with Gasteiger partial charge in [-0.05, 0) is 25.0 Å². The number of quaternary nitrogens is 1. The van der Waals surface area contributed by atoms with Gasteiger partial charge in [0, 0.05) is 24.0 Å². The SMILES string of the molecule is C[NH2+]C1=C(C=N)NC(=O)C(C)C(F)CCC(N)c2cc1ccn2. The van der Waals surface area contributed by atoms with Gasteiger partial charge in [0.1, 0.15) is 11.9 Å². The number of allylic oxidation sites excluding steroid dienone is 1. The molecule has 0 saturated carbocycles. The Morgan fingerprint density at radius 2 is 2.26 bits per heavy atom. The van der Waals surface area contributed by atoms with Crippen LogP contribution in [0.4, 0.5) is 4.39 Å². The summed E-state index contributed by atoms with van der Waals surface area (Å²) in [6.45, 7) is 1.55. The van der Waals surface area contributed by atoms with Crippen molar-refractivity contribution in [3.63, 3.8) is 0 Å². The first kappa shape index (κ1) is 17.2. The second kappa shape index (κ2) is 7.43. The lowest BCUT2D eigenvalue weighted by Crippen LogP contribution is -2.77. The summed E-state index contributed by atoms with van der Waals surface area (Å²) >= 11 is 0. The second-order valence-corrected chi connectivity index (χ2v) is 5.71. The van der Waals surface area contributed by atoms with Crippen LogP contribution in [0, 0.1) is 11.3 Å². The van der Waals surface area contributed by atoms with E-state index in [2.05, 4.69) is 10.3 Å². The van der Waals surface area contributed by atoms with Gasteiger partial charge in [0.25, 0.3) is 0 Å². The first-order chi connectivity index (χ1) is 11.0. The Labute approximate surface area is 134 Å². The number of aromatic nitrogens is 1. The molecule has 1 amide bonds. The predicted molar refractivity (Wildman–Crippen MR) is 86.2 cm³/mol. The van der Waals surface area contributed by atoms with E-state index in [1.807, 2.05) is 13.1 Å². The minimum absolute atomic E-state index is 0.193. The number of fused-ring (bicyclic) bond motifs is 2. The van der Waals surface area contributed by atoms with Crippen molar-refractivity contribution in [1.29, 1.82) is 5.41 Å². The van der Waals surface area contributed by atoms with Gasteiger partial charge in [-0.1, -0.05) is 6.92 Å². The zero-order valence-corrected chi connectivity index (χ0v) is 13.3. The second-order valence-electron chi connectivity index (χ2n) is 5.71. The number of nitrogens with zero attached hydrogens (tertiary/aromatic N) is 1. The highest BCUT2D eigenvalue weighted by Gasteiger charge is 2.27. The van der Waals surface area contributed by atoms with Gasteiger partial charge in [0.05, 0.1) is 18.7 Å². The van der Waals surface area contributed by atoms with E-state index in [9.17, 15) is 9.18 Å². The molecule has 1 aromatic heterocycles. The number of nitrogens with two attached hydrogens (primary N) is 2. The molecule has 124 valence electrons. The Balaban J connectivity index is 2.55. The molecule has 0 spiro atoms. The van der Waals surface area contributed by atoms with Crippen LogP contribution in [0.1, 0.15) is 37.1 Å². The Bertz CT molecular complexity index is 631. The Morgan fingerprint density at radius 1 is 1.52 bits per heavy atom. The highest BCUT2D eigenvalue weighted by molar-refractivity contribution is 5.93. The summed E-state index contributed by atoms with van der Waals surface area (Å²) in [4.78, 5) is 16.5. The third-order valence-electron chi connectivity index (χ3n) is 4.16. The summed E-state index contributed by atoms with van der Waals surface area (Å²) in [5.41, 5.74) is 8.63. The van der Waals surface area contributed by atoms with E-state index < -0.39 is 18.0 Å². The largest absolute Gasteiger partial charge is 0.323 e. The minimum Gasteiger partial charge on any atom is -0.323 e. The van der Waals surface area contributed by atoms with Crippen LogP contribution in [0.25, 0.3) is 5.70 Å². The minimum atomic E-state index is -1.29. The summed E-state index contributed by atoms with van der Waals surface area (Å²) in [5, 5.41) is 12.0. The summed E-state index contributed by atoms with van der Waals surface area (Å²) < 4.78 is 14.3. The molecule has 0 aliphatic carbocycles. The summed E-state index contributed by atoms with van der Waals surface area (Å²) in [6, 6.07) is 3.24. The van der Waals surface area contributed by atoms with Crippen molar-refractivity contribution in [2.75, 3.05) is 7.05 Å². The van der Waals surface area contributed by atoms with Crippen LogP contribution in [0.3, 0.4) is 0 Å². The fourth-order valence-electron chi connectivity index (χ4n) is 2.62. The van der Waals surface area contributed by atoms with Gasteiger partial charge in [-0.15, -0.1) is 0 Å². The van der Waals surface area contributed by atoms with E-state index in [1.54, 1.807) is 24.5 Å². The van der Waals surface area contributed by atoms with Crippen LogP contribution >= 0.6 is 0 Å². The lowest BCUT2D eigenvalue weighted by molar-refractivity contribution is -0.531. The number of nitrogens with one attached hydrogen (secondary N) is 2. The standard InChI is InChI=1S/C16H22FN5O/c1-9-11(17)3-4-12(19)13-7-10(5-6-21-13)15(20-2)14(8-18)22-16(9)23/h5-9,11-12,18,20H,3-4,19H2,1-2H3,(H,22,23)/p+1. The average Bonchev–Trinajstić information content (AvgIpc) is 2.57. The number of hydrogen-bond donors (Lipinski definition) is 4. The van der Waals surface area contributed by atoms with Crippen molar-refractivity contribution < 1.29 is 14.5 Å². The Morgan fingerprint density at radius 3 is 2.91 bits per heavy atom. The number of carbonyl (C=O) groups is 1. The number of hydrogen-bond acceptors (Lipinski definition) is 4. The molecule has 7 heteroatoms. The van der Waals surface area contributed by atoms with Gasteiger partial charge in [0.2, 0.25) is 5.91 Å². The first-order valence-corrected chi connectivity index (χ1v) is 7.68. The fourth-order valence-corrected chi connectivity index (χ4v) is 2.62. The van der Waals surface area contributed by atoms with E-state index >= 15 is 0 Å². The van der Waals surface area contributed by atoms with Crippen molar-refractivity contribution in [1.82, 2.24) is 10.3 Å². The molecule has 2 rings (SSSR count). The molecule has 0 saturated heterocycles. The summed E-state index contributed by atoms with van der Waals surface area (Å²) in [7, 11) is 1.82. The molecule has 0 radical (unpaired) electrons. The van der Waals surface area contributed by atoms with Crippen molar-refractivity contribution in [3.05, 3.63) is 35.3 Å². The Kier molecular flexibility index (Phi) is 5.57. The molecule has 1 aromatic rings. The maximum absolute atomic E-state index is 14.3. The topological polar surface area (TPSA) is 108 Å². The number of amides is 1. The third-order valence-corrected chi connectivity index (χ3v) is 4.16. The molecule has 2 heterocycles. The maximum atomic E-state index is 14.3. The molecule has 0 aromatic carbocycles. The van der Waals surface area contributed by atoms with Gasteiger partial charge < -0.3 is 21.8 Å².